The molecule has 0 saturated carbocycles. The molecule has 2 nitrogen and oxygen atoms in total. The Morgan fingerprint density at radius 3 is 2.50 bits per heavy atom. The highest BCUT2D eigenvalue weighted by molar-refractivity contribution is 5.85. The van der Waals surface area contributed by atoms with Gasteiger partial charge in [-0.15, -0.1) is 12.4 Å². The molecule has 3 heteroatoms. The van der Waals surface area contributed by atoms with E-state index in [1.165, 1.54) is 48.8 Å². The van der Waals surface area contributed by atoms with Crippen LogP contribution in [-0.2, 0) is 6.54 Å². The van der Waals surface area contributed by atoms with Crippen LogP contribution in [0, 0.1) is 0 Å². The average molecular weight is 291 g/mol. The standard InChI is InChI=1S/C17H22N2.ClH/c1-2-6-17-13-15(7-8-16(17)5-1)14-18-9-12-19-10-3-4-11-19;/h1-2,5-8,13,18H,3-4,9-12,14H2;1H. The van der Waals surface area contributed by atoms with Crippen LogP contribution < -0.4 is 5.32 Å². The van der Waals surface area contributed by atoms with Crippen LogP contribution in [0.2, 0.25) is 0 Å². The van der Waals surface area contributed by atoms with Crippen molar-refractivity contribution in [2.24, 2.45) is 0 Å². The third-order valence-corrected chi connectivity index (χ3v) is 3.95. The van der Waals surface area contributed by atoms with Gasteiger partial charge in [0.2, 0.25) is 0 Å². The van der Waals surface area contributed by atoms with E-state index >= 15 is 0 Å². The molecular weight excluding hydrogens is 268 g/mol. The fourth-order valence-electron chi connectivity index (χ4n) is 2.82. The van der Waals surface area contributed by atoms with Crippen molar-refractivity contribution in [3.63, 3.8) is 0 Å². The van der Waals surface area contributed by atoms with E-state index in [9.17, 15) is 0 Å². The third-order valence-electron chi connectivity index (χ3n) is 3.95. The fraction of sp³-hybridized carbons (Fsp3) is 0.412. The maximum atomic E-state index is 3.55. The van der Waals surface area contributed by atoms with E-state index in [1.54, 1.807) is 0 Å². The van der Waals surface area contributed by atoms with Crippen molar-refractivity contribution in [3.8, 4) is 0 Å². The summed E-state index contributed by atoms with van der Waals surface area (Å²) >= 11 is 0. The molecule has 1 N–H and O–H groups in total. The summed E-state index contributed by atoms with van der Waals surface area (Å²) in [5.74, 6) is 0. The summed E-state index contributed by atoms with van der Waals surface area (Å²) in [4.78, 5) is 2.55. The van der Waals surface area contributed by atoms with Crippen LogP contribution in [0.1, 0.15) is 18.4 Å². The predicted octanol–water partition coefficient (Wildman–Crippen LogP) is 3.45. The Kier molecular flexibility index (Phi) is 5.84. The molecule has 0 radical (unpaired) electrons. The average Bonchev–Trinajstić information content (AvgIpc) is 2.97. The summed E-state index contributed by atoms with van der Waals surface area (Å²) in [7, 11) is 0. The highest BCUT2D eigenvalue weighted by Gasteiger charge is 2.09. The molecule has 2 aromatic carbocycles. The van der Waals surface area contributed by atoms with Crippen LogP contribution in [0.3, 0.4) is 0 Å². The second kappa shape index (κ2) is 7.63. The molecule has 2 aromatic rings. The third kappa shape index (κ3) is 3.95. The van der Waals surface area contributed by atoms with E-state index in [-0.39, 0.29) is 12.4 Å². The fourth-order valence-corrected chi connectivity index (χ4v) is 2.82. The number of rotatable bonds is 5. The van der Waals surface area contributed by atoms with E-state index in [0.717, 1.165) is 13.1 Å². The molecule has 0 bridgehead atoms. The number of benzene rings is 2. The Morgan fingerprint density at radius 1 is 0.950 bits per heavy atom. The Balaban J connectivity index is 0.00000147. The zero-order chi connectivity index (χ0) is 12.9. The van der Waals surface area contributed by atoms with Gasteiger partial charge in [0.1, 0.15) is 0 Å². The van der Waals surface area contributed by atoms with Crippen LogP contribution in [0.25, 0.3) is 10.8 Å². The maximum Gasteiger partial charge on any atom is 0.0206 e. The first-order valence-corrected chi connectivity index (χ1v) is 7.32. The second-order valence-corrected chi connectivity index (χ2v) is 5.41. The Labute approximate surface area is 127 Å². The van der Waals surface area contributed by atoms with Gasteiger partial charge in [0.15, 0.2) is 0 Å². The van der Waals surface area contributed by atoms with Crippen LogP contribution in [0.15, 0.2) is 42.5 Å². The van der Waals surface area contributed by atoms with Gasteiger partial charge in [0, 0.05) is 19.6 Å². The quantitative estimate of drug-likeness (QED) is 0.849. The van der Waals surface area contributed by atoms with Gasteiger partial charge in [-0.3, -0.25) is 0 Å². The van der Waals surface area contributed by atoms with Gasteiger partial charge in [-0.05, 0) is 48.3 Å². The molecule has 0 atom stereocenters. The molecule has 0 spiro atoms. The molecule has 0 aromatic heterocycles. The number of hydrogen-bond donors (Lipinski definition) is 1. The molecule has 0 aliphatic carbocycles. The first-order valence-electron chi connectivity index (χ1n) is 7.32. The van der Waals surface area contributed by atoms with Gasteiger partial charge >= 0.3 is 0 Å². The largest absolute Gasteiger partial charge is 0.311 e. The lowest BCUT2D eigenvalue weighted by Crippen LogP contribution is -2.29. The minimum absolute atomic E-state index is 0. The number of fused-ring (bicyclic) bond motifs is 1. The van der Waals surface area contributed by atoms with Gasteiger partial charge in [-0.1, -0.05) is 36.4 Å². The lowest BCUT2D eigenvalue weighted by atomic mass is 10.1. The Bertz CT molecular complexity index is 535. The highest BCUT2D eigenvalue weighted by Crippen LogP contribution is 2.15. The number of nitrogens with zero attached hydrogens (tertiary/aromatic N) is 1. The molecule has 108 valence electrons. The van der Waals surface area contributed by atoms with E-state index in [4.69, 9.17) is 0 Å². The van der Waals surface area contributed by atoms with Crippen LogP contribution >= 0.6 is 12.4 Å². The van der Waals surface area contributed by atoms with Gasteiger partial charge in [0.25, 0.3) is 0 Å². The summed E-state index contributed by atoms with van der Waals surface area (Å²) in [5.41, 5.74) is 1.38. The van der Waals surface area contributed by atoms with Crippen molar-refractivity contribution in [2.75, 3.05) is 26.2 Å². The van der Waals surface area contributed by atoms with Crippen molar-refractivity contribution in [1.29, 1.82) is 0 Å². The molecule has 0 unspecified atom stereocenters. The number of hydrogen-bond acceptors (Lipinski definition) is 2. The SMILES string of the molecule is Cl.c1ccc2cc(CNCCN3CCCC3)ccc2c1. The molecule has 0 amide bonds. The molecule has 1 fully saturated rings. The zero-order valence-corrected chi connectivity index (χ0v) is 12.7. The zero-order valence-electron chi connectivity index (χ0n) is 11.8. The number of likely N-dealkylation sites (tertiary alicyclic amines) is 1. The summed E-state index contributed by atoms with van der Waals surface area (Å²) in [6.45, 7) is 5.83. The highest BCUT2D eigenvalue weighted by atomic mass is 35.5. The Morgan fingerprint density at radius 2 is 1.70 bits per heavy atom. The van der Waals surface area contributed by atoms with E-state index in [1.807, 2.05) is 0 Å². The number of halogens is 1. The lowest BCUT2D eigenvalue weighted by Gasteiger charge is -2.14. The minimum Gasteiger partial charge on any atom is -0.311 e. The molecular formula is C17H23ClN2. The van der Waals surface area contributed by atoms with Crippen molar-refractivity contribution in [1.82, 2.24) is 10.2 Å². The number of nitrogens with one attached hydrogen (secondary N) is 1. The smallest absolute Gasteiger partial charge is 0.0206 e. The van der Waals surface area contributed by atoms with E-state index in [2.05, 4.69) is 52.7 Å². The molecule has 1 heterocycles. The summed E-state index contributed by atoms with van der Waals surface area (Å²) in [6.07, 6.45) is 2.76. The monoisotopic (exact) mass is 290 g/mol. The van der Waals surface area contributed by atoms with Gasteiger partial charge in [-0.2, -0.15) is 0 Å². The van der Waals surface area contributed by atoms with Crippen molar-refractivity contribution >= 4 is 23.2 Å². The molecule has 1 saturated heterocycles. The summed E-state index contributed by atoms with van der Waals surface area (Å²) in [5, 5.41) is 6.21. The van der Waals surface area contributed by atoms with Crippen LogP contribution in [0.5, 0.6) is 0 Å². The van der Waals surface area contributed by atoms with Gasteiger partial charge in [-0.25, -0.2) is 0 Å². The molecule has 1 aliphatic heterocycles. The maximum absolute atomic E-state index is 3.55. The van der Waals surface area contributed by atoms with Gasteiger partial charge in [0.05, 0.1) is 0 Å². The topological polar surface area (TPSA) is 15.3 Å². The van der Waals surface area contributed by atoms with E-state index < -0.39 is 0 Å². The summed E-state index contributed by atoms with van der Waals surface area (Å²) < 4.78 is 0. The van der Waals surface area contributed by atoms with Crippen LogP contribution in [-0.4, -0.2) is 31.1 Å². The van der Waals surface area contributed by atoms with Crippen molar-refractivity contribution in [3.05, 3.63) is 48.0 Å². The van der Waals surface area contributed by atoms with Crippen molar-refractivity contribution < 1.29 is 0 Å². The van der Waals surface area contributed by atoms with Gasteiger partial charge < -0.3 is 10.2 Å². The summed E-state index contributed by atoms with van der Waals surface area (Å²) in [6, 6.07) is 15.3. The predicted molar refractivity (Wildman–Crippen MR) is 88.6 cm³/mol. The van der Waals surface area contributed by atoms with Crippen LogP contribution in [0.4, 0.5) is 0 Å². The molecule has 20 heavy (non-hydrogen) atoms. The normalized spacial score (nSPS) is 15.4. The first kappa shape index (κ1) is 15.3. The first-order chi connectivity index (χ1) is 9.42. The van der Waals surface area contributed by atoms with Crippen molar-refractivity contribution in [2.45, 2.75) is 19.4 Å². The lowest BCUT2D eigenvalue weighted by molar-refractivity contribution is 0.335. The minimum atomic E-state index is 0. The Hall–Kier alpha value is -1.09. The van der Waals surface area contributed by atoms with E-state index in [0.29, 0.717) is 0 Å². The molecule has 3 rings (SSSR count). The second-order valence-electron chi connectivity index (χ2n) is 5.41. The molecule has 1 aliphatic rings.